The van der Waals surface area contributed by atoms with Crippen molar-refractivity contribution in [2.24, 2.45) is 11.8 Å². The summed E-state index contributed by atoms with van der Waals surface area (Å²) < 4.78 is 28.5. The van der Waals surface area contributed by atoms with E-state index < -0.39 is 33.6 Å². The van der Waals surface area contributed by atoms with Gasteiger partial charge < -0.3 is 10.6 Å². The van der Waals surface area contributed by atoms with E-state index in [9.17, 15) is 18.0 Å². The third-order valence-electron chi connectivity index (χ3n) is 5.88. The Morgan fingerprint density at radius 2 is 1.61 bits per heavy atom. The summed E-state index contributed by atoms with van der Waals surface area (Å²) in [4.78, 5) is 26.1. The van der Waals surface area contributed by atoms with Gasteiger partial charge in [-0.15, -0.1) is 0 Å². The summed E-state index contributed by atoms with van der Waals surface area (Å²) in [5, 5.41) is 5.75. The van der Waals surface area contributed by atoms with Crippen molar-refractivity contribution in [3.63, 3.8) is 0 Å². The Bertz CT molecular complexity index is 873. The minimum absolute atomic E-state index is 0.146. The lowest BCUT2D eigenvalue weighted by Gasteiger charge is -2.30. The van der Waals surface area contributed by atoms with Gasteiger partial charge >= 0.3 is 0 Å². The van der Waals surface area contributed by atoms with Crippen LogP contribution in [0.3, 0.4) is 0 Å². The number of hydrogen-bond acceptors (Lipinski definition) is 4. The van der Waals surface area contributed by atoms with Crippen LogP contribution in [0.1, 0.15) is 78.7 Å². The zero-order chi connectivity index (χ0) is 24.6. The van der Waals surface area contributed by atoms with Crippen molar-refractivity contribution in [3.05, 3.63) is 35.9 Å². The van der Waals surface area contributed by atoms with E-state index in [1.54, 1.807) is 24.3 Å². The minimum Gasteiger partial charge on any atom is -0.350 e. The fourth-order valence-corrected chi connectivity index (χ4v) is 5.60. The van der Waals surface area contributed by atoms with Crippen molar-refractivity contribution in [2.75, 3.05) is 0 Å². The van der Waals surface area contributed by atoms with Gasteiger partial charge in [0.1, 0.15) is 12.1 Å². The monoisotopic (exact) mass is 479 g/mol. The van der Waals surface area contributed by atoms with Crippen LogP contribution in [0.25, 0.3) is 0 Å². The van der Waals surface area contributed by atoms with Crippen LogP contribution in [0, 0.1) is 11.8 Å². The maximum atomic E-state index is 13.3. The molecule has 2 atom stereocenters. The van der Waals surface area contributed by atoms with Crippen molar-refractivity contribution >= 4 is 21.8 Å². The molecule has 0 spiro atoms. The topological polar surface area (TPSA) is 104 Å². The molecule has 7 nitrogen and oxygen atoms in total. The van der Waals surface area contributed by atoms with E-state index in [1.807, 2.05) is 40.7 Å². The number of hydrogen-bond donors (Lipinski definition) is 3. The third-order valence-corrected chi connectivity index (χ3v) is 7.23. The molecule has 0 radical (unpaired) electrons. The molecule has 1 aliphatic carbocycles. The van der Waals surface area contributed by atoms with Gasteiger partial charge in [0.2, 0.25) is 21.8 Å². The summed E-state index contributed by atoms with van der Waals surface area (Å²) in [7, 11) is -3.75. The summed E-state index contributed by atoms with van der Waals surface area (Å²) in [6.07, 6.45) is 5.78. The first-order chi connectivity index (χ1) is 15.4. The number of amides is 2. The first-order valence-corrected chi connectivity index (χ1v) is 13.7. The van der Waals surface area contributed by atoms with Crippen molar-refractivity contribution in [1.29, 1.82) is 0 Å². The van der Waals surface area contributed by atoms with Gasteiger partial charge in [-0.3, -0.25) is 9.59 Å². The van der Waals surface area contributed by atoms with E-state index in [4.69, 9.17) is 0 Å². The Morgan fingerprint density at radius 3 is 2.15 bits per heavy atom. The minimum atomic E-state index is -3.75. The van der Waals surface area contributed by atoms with Gasteiger partial charge in [0.25, 0.3) is 0 Å². The normalized spacial score (nSPS) is 17.4. The lowest BCUT2D eigenvalue weighted by atomic mass is 9.84. The Labute approximate surface area is 199 Å². The highest BCUT2D eigenvalue weighted by molar-refractivity contribution is 7.88. The number of sulfonamides is 1. The molecule has 1 aromatic carbocycles. The standard InChI is InChI=1S/C25H41N3O4S/c1-18(2)22(24(30)27-25(3,4)5)26-23(29)21(16-19-12-8-6-9-13-19)28-33(31,32)17-20-14-10-7-11-15-20/h7,10-11,14-15,18-19,21-22,28H,6,8-9,12-13,16-17H2,1-5H3,(H,26,29)(H,27,30)/t21-,22?/m0/s1. The SMILES string of the molecule is CC(C)C(NC(=O)[C@H](CC1CCCCC1)NS(=O)(=O)Cc1ccccc1)C(=O)NC(C)(C)C. The predicted molar refractivity (Wildman–Crippen MR) is 132 cm³/mol. The molecule has 2 rings (SSSR count). The van der Waals surface area contributed by atoms with Gasteiger partial charge in [-0.1, -0.05) is 76.3 Å². The Morgan fingerprint density at radius 1 is 1.00 bits per heavy atom. The van der Waals surface area contributed by atoms with Gasteiger partial charge in [-0.05, 0) is 44.6 Å². The largest absolute Gasteiger partial charge is 0.350 e. The molecule has 0 aromatic heterocycles. The van der Waals surface area contributed by atoms with Crippen LogP contribution in [0.5, 0.6) is 0 Å². The zero-order valence-corrected chi connectivity index (χ0v) is 21.5. The van der Waals surface area contributed by atoms with Gasteiger partial charge in [-0.25, -0.2) is 13.1 Å². The fourth-order valence-electron chi connectivity index (χ4n) is 4.25. The Kier molecular flexibility index (Phi) is 9.91. The smallest absolute Gasteiger partial charge is 0.243 e. The molecule has 1 aliphatic rings. The first kappa shape index (κ1) is 27.3. The second kappa shape index (κ2) is 12.0. The van der Waals surface area contributed by atoms with Crippen LogP contribution in [0.15, 0.2) is 30.3 Å². The summed E-state index contributed by atoms with van der Waals surface area (Å²) in [6, 6.07) is 7.26. The molecule has 1 unspecified atom stereocenters. The van der Waals surface area contributed by atoms with Gasteiger partial charge in [0, 0.05) is 5.54 Å². The highest BCUT2D eigenvalue weighted by Gasteiger charge is 2.33. The summed E-state index contributed by atoms with van der Waals surface area (Å²) in [6.45, 7) is 9.38. The molecular formula is C25H41N3O4S. The quantitative estimate of drug-likeness (QED) is 0.478. The number of benzene rings is 1. The maximum Gasteiger partial charge on any atom is 0.243 e. The third kappa shape index (κ3) is 9.84. The van der Waals surface area contributed by atoms with Crippen LogP contribution in [0.4, 0.5) is 0 Å². The summed E-state index contributed by atoms with van der Waals surface area (Å²) in [5.74, 6) is -0.766. The van der Waals surface area contributed by atoms with Gasteiger partial charge in [-0.2, -0.15) is 0 Å². The molecule has 1 fully saturated rings. The van der Waals surface area contributed by atoms with Crippen LogP contribution < -0.4 is 15.4 Å². The van der Waals surface area contributed by atoms with Crippen molar-refractivity contribution < 1.29 is 18.0 Å². The van der Waals surface area contributed by atoms with Crippen LogP contribution >= 0.6 is 0 Å². The molecule has 2 amide bonds. The van der Waals surface area contributed by atoms with E-state index in [2.05, 4.69) is 15.4 Å². The number of carbonyl (C=O) groups is 2. The lowest BCUT2D eigenvalue weighted by Crippen LogP contribution is -2.58. The Hall–Kier alpha value is -1.93. The van der Waals surface area contributed by atoms with Gasteiger partial charge in [0.05, 0.1) is 5.75 Å². The first-order valence-electron chi connectivity index (χ1n) is 12.0. The molecular weight excluding hydrogens is 438 g/mol. The molecule has 186 valence electrons. The predicted octanol–water partition coefficient (Wildman–Crippen LogP) is 3.50. The molecule has 33 heavy (non-hydrogen) atoms. The average molecular weight is 480 g/mol. The van der Waals surface area contributed by atoms with Crippen molar-refractivity contribution in [3.8, 4) is 0 Å². The zero-order valence-electron chi connectivity index (χ0n) is 20.7. The number of nitrogens with one attached hydrogen (secondary N) is 3. The molecule has 0 bridgehead atoms. The fraction of sp³-hybridized carbons (Fsp3) is 0.680. The highest BCUT2D eigenvalue weighted by Crippen LogP contribution is 2.28. The second-order valence-electron chi connectivity index (χ2n) is 10.6. The molecule has 1 aromatic rings. The molecule has 0 heterocycles. The number of rotatable bonds is 10. The molecule has 0 aliphatic heterocycles. The van der Waals surface area contributed by atoms with Crippen molar-refractivity contribution in [2.45, 2.75) is 96.5 Å². The highest BCUT2D eigenvalue weighted by atomic mass is 32.2. The van der Waals surface area contributed by atoms with E-state index in [-0.39, 0.29) is 23.5 Å². The summed E-state index contributed by atoms with van der Waals surface area (Å²) in [5.41, 5.74) is 0.222. The molecule has 0 saturated heterocycles. The van der Waals surface area contributed by atoms with E-state index in [0.29, 0.717) is 12.0 Å². The summed E-state index contributed by atoms with van der Waals surface area (Å²) >= 11 is 0. The van der Waals surface area contributed by atoms with Crippen LogP contribution in [0.2, 0.25) is 0 Å². The maximum absolute atomic E-state index is 13.3. The van der Waals surface area contributed by atoms with Crippen molar-refractivity contribution in [1.82, 2.24) is 15.4 Å². The number of carbonyl (C=O) groups excluding carboxylic acids is 2. The molecule has 1 saturated carbocycles. The average Bonchev–Trinajstić information content (AvgIpc) is 2.70. The van der Waals surface area contributed by atoms with Crippen LogP contribution in [-0.4, -0.2) is 37.9 Å². The second-order valence-corrected chi connectivity index (χ2v) is 12.4. The van der Waals surface area contributed by atoms with E-state index in [0.717, 1.165) is 25.7 Å². The van der Waals surface area contributed by atoms with E-state index >= 15 is 0 Å². The van der Waals surface area contributed by atoms with Gasteiger partial charge in [0.15, 0.2) is 0 Å². The molecule has 8 heteroatoms. The lowest BCUT2D eigenvalue weighted by molar-refractivity contribution is -0.131. The van der Waals surface area contributed by atoms with E-state index in [1.165, 1.54) is 6.42 Å². The van der Waals surface area contributed by atoms with Crippen LogP contribution in [-0.2, 0) is 25.4 Å². The Balaban J connectivity index is 2.18. The molecule has 3 N–H and O–H groups in total.